The fourth-order valence-corrected chi connectivity index (χ4v) is 3.38. The molecule has 0 saturated carbocycles. The van der Waals surface area contributed by atoms with Gasteiger partial charge < -0.3 is 15.8 Å². The average Bonchev–Trinajstić information content (AvgIpc) is 2.82. The van der Waals surface area contributed by atoms with E-state index in [1.165, 1.54) is 6.33 Å². The SMILES string of the molecule is CC=CC(=O)Cc1ccc(Nc2ncnc(N)c2-c2ccc(Oc3ccccc3)cc2)cc1. The maximum absolute atomic E-state index is 11.8. The zero-order chi connectivity index (χ0) is 23.0. The van der Waals surface area contributed by atoms with Gasteiger partial charge in [-0.25, -0.2) is 9.97 Å². The first-order chi connectivity index (χ1) is 16.1. The number of nitrogen functional groups attached to an aromatic ring is 1. The molecule has 0 bridgehead atoms. The topological polar surface area (TPSA) is 90.1 Å². The molecule has 33 heavy (non-hydrogen) atoms. The molecular weight excluding hydrogens is 412 g/mol. The van der Waals surface area contributed by atoms with Crippen molar-refractivity contribution in [3.8, 4) is 22.6 Å². The lowest BCUT2D eigenvalue weighted by molar-refractivity contribution is -0.114. The molecule has 0 aliphatic rings. The minimum absolute atomic E-state index is 0.0729. The molecule has 4 aromatic rings. The second-order valence-electron chi connectivity index (χ2n) is 7.39. The third-order valence-corrected chi connectivity index (χ3v) is 4.95. The zero-order valence-electron chi connectivity index (χ0n) is 18.2. The molecule has 0 spiro atoms. The number of ketones is 1. The van der Waals surface area contributed by atoms with Crippen LogP contribution < -0.4 is 15.8 Å². The Bertz CT molecular complexity index is 1250. The Hall–Kier alpha value is -4.45. The molecule has 6 nitrogen and oxygen atoms in total. The summed E-state index contributed by atoms with van der Waals surface area (Å²) in [7, 11) is 0. The first-order valence-corrected chi connectivity index (χ1v) is 10.6. The van der Waals surface area contributed by atoms with Crippen LogP contribution in [0.2, 0.25) is 0 Å². The summed E-state index contributed by atoms with van der Waals surface area (Å²) in [4.78, 5) is 20.4. The highest BCUT2D eigenvalue weighted by Gasteiger charge is 2.13. The van der Waals surface area contributed by atoms with Gasteiger partial charge in [-0.2, -0.15) is 0 Å². The van der Waals surface area contributed by atoms with E-state index in [9.17, 15) is 4.79 Å². The smallest absolute Gasteiger partial charge is 0.159 e. The van der Waals surface area contributed by atoms with Gasteiger partial charge in [0.05, 0.1) is 5.56 Å². The van der Waals surface area contributed by atoms with E-state index in [4.69, 9.17) is 10.5 Å². The van der Waals surface area contributed by atoms with Crippen molar-refractivity contribution in [1.82, 2.24) is 9.97 Å². The van der Waals surface area contributed by atoms with Gasteiger partial charge in [-0.05, 0) is 60.5 Å². The summed E-state index contributed by atoms with van der Waals surface area (Å²) >= 11 is 0. The van der Waals surface area contributed by atoms with E-state index in [0.717, 1.165) is 28.3 Å². The molecule has 1 aromatic heterocycles. The van der Waals surface area contributed by atoms with Gasteiger partial charge in [0, 0.05) is 12.1 Å². The Morgan fingerprint density at radius 1 is 0.939 bits per heavy atom. The standard InChI is InChI=1S/C27H24N4O2/c1-2-6-22(32)17-19-9-13-21(14-10-19)31-27-25(26(28)29-18-30-27)20-11-15-24(16-12-20)33-23-7-4-3-5-8-23/h2-16,18H,17H2,1H3,(H3,28,29,30,31). The first-order valence-electron chi connectivity index (χ1n) is 10.6. The molecule has 0 unspecified atom stereocenters. The molecule has 0 aliphatic carbocycles. The predicted molar refractivity (Wildman–Crippen MR) is 132 cm³/mol. The van der Waals surface area contributed by atoms with Crippen LogP contribution in [0.15, 0.2) is 97.3 Å². The summed E-state index contributed by atoms with van der Waals surface area (Å²) < 4.78 is 5.87. The largest absolute Gasteiger partial charge is 0.457 e. The molecule has 3 N–H and O–H groups in total. The highest BCUT2D eigenvalue weighted by Crippen LogP contribution is 2.34. The Kier molecular flexibility index (Phi) is 6.75. The maximum Gasteiger partial charge on any atom is 0.159 e. The number of carbonyl (C=O) groups excluding carboxylic acids is 1. The molecule has 0 amide bonds. The van der Waals surface area contributed by atoms with E-state index in [1.807, 2.05) is 85.8 Å². The number of aromatic nitrogens is 2. The lowest BCUT2D eigenvalue weighted by atomic mass is 10.1. The average molecular weight is 437 g/mol. The number of carbonyl (C=O) groups is 1. The molecule has 6 heteroatoms. The van der Waals surface area contributed by atoms with Crippen molar-refractivity contribution in [2.45, 2.75) is 13.3 Å². The van der Waals surface area contributed by atoms with Gasteiger partial charge >= 0.3 is 0 Å². The number of hydrogen-bond acceptors (Lipinski definition) is 6. The highest BCUT2D eigenvalue weighted by molar-refractivity contribution is 5.91. The number of nitrogens with one attached hydrogen (secondary N) is 1. The molecule has 1 heterocycles. The van der Waals surface area contributed by atoms with Crippen molar-refractivity contribution in [2.75, 3.05) is 11.1 Å². The maximum atomic E-state index is 11.8. The van der Waals surface area contributed by atoms with E-state index in [2.05, 4.69) is 15.3 Å². The number of hydrogen-bond donors (Lipinski definition) is 2. The third-order valence-electron chi connectivity index (χ3n) is 4.95. The van der Waals surface area contributed by atoms with Gasteiger partial charge in [-0.15, -0.1) is 0 Å². The molecule has 3 aromatic carbocycles. The van der Waals surface area contributed by atoms with Crippen LogP contribution in [0.1, 0.15) is 12.5 Å². The quantitative estimate of drug-likeness (QED) is 0.332. The van der Waals surface area contributed by atoms with Gasteiger partial charge in [0.15, 0.2) is 5.78 Å². The summed E-state index contributed by atoms with van der Waals surface area (Å²) in [5.41, 5.74) is 9.56. The van der Waals surface area contributed by atoms with Crippen LogP contribution >= 0.6 is 0 Å². The van der Waals surface area contributed by atoms with Gasteiger partial charge in [0.25, 0.3) is 0 Å². The molecule has 0 fully saturated rings. The Labute approximate surface area is 192 Å². The fraction of sp³-hybridized carbons (Fsp3) is 0.0741. The number of nitrogens with two attached hydrogens (primary N) is 1. The molecule has 164 valence electrons. The minimum atomic E-state index is 0.0729. The number of ether oxygens (including phenoxy) is 1. The normalized spacial score (nSPS) is 10.8. The van der Waals surface area contributed by atoms with Crippen molar-refractivity contribution in [3.05, 3.63) is 103 Å². The van der Waals surface area contributed by atoms with Crippen LogP contribution in [0, 0.1) is 0 Å². The molecule has 0 aliphatic heterocycles. The van der Waals surface area contributed by atoms with Crippen LogP contribution in [-0.4, -0.2) is 15.8 Å². The predicted octanol–water partition coefficient (Wildman–Crippen LogP) is 5.95. The second kappa shape index (κ2) is 10.2. The van der Waals surface area contributed by atoms with Crippen molar-refractivity contribution in [3.63, 3.8) is 0 Å². The first kappa shape index (κ1) is 21.8. The number of anilines is 3. The van der Waals surface area contributed by atoms with Crippen LogP contribution in [0.4, 0.5) is 17.3 Å². The fourth-order valence-electron chi connectivity index (χ4n) is 3.38. The summed E-state index contributed by atoms with van der Waals surface area (Å²) in [6.45, 7) is 1.83. The Morgan fingerprint density at radius 3 is 2.33 bits per heavy atom. The van der Waals surface area contributed by atoms with Crippen LogP contribution in [-0.2, 0) is 11.2 Å². The Morgan fingerprint density at radius 2 is 1.64 bits per heavy atom. The monoisotopic (exact) mass is 436 g/mol. The van der Waals surface area contributed by atoms with Crippen LogP contribution in [0.5, 0.6) is 11.5 Å². The number of rotatable bonds is 8. The molecule has 0 radical (unpaired) electrons. The van der Waals surface area contributed by atoms with Gasteiger partial charge in [-0.1, -0.05) is 48.5 Å². The molecule has 0 atom stereocenters. The van der Waals surface area contributed by atoms with E-state index in [1.54, 1.807) is 12.2 Å². The zero-order valence-corrected chi connectivity index (χ0v) is 18.2. The second-order valence-corrected chi connectivity index (χ2v) is 7.39. The number of allylic oxidation sites excluding steroid dienone is 2. The number of para-hydroxylation sites is 1. The van der Waals surface area contributed by atoms with Crippen molar-refractivity contribution >= 4 is 23.1 Å². The van der Waals surface area contributed by atoms with Crippen molar-refractivity contribution < 1.29 is 9.53 Å². The van der Waals surface area contributed by atoms with E-state index in [-0.39, 0.29) is 5.78 Å². The third kappa shape index (κ3) is 5.62. The van der Waals surface area contributed by atoms with E-state index in [0.29, 0.717) is 23.6 Å². The van der Waals surface area contributed by atoms with E-state index < -0.39 is 0 Å². The van der Waals surface area contributed by atoms with Crippen LogP contribution in [0.25, 0.3) is 11.1 Å². The number of benzene rings is 3. The van der Waals surface area contributed by atoms with Gasteiger partial charge in [0.2, 0.25) is 0 Å². The van der Waals surface area contributed by atoms with Crippen molar-refractivity contribution in [2.24, 2.45) is 0 Å². The highest BCUT2D eigenvalue weighted by atomic mass is 16.5. The Balaban J connectivity index is 1.53. The summed E-state index contributed by atoms with van der Waals surface area (Å²) in [5, 5.41) is 3.31. The molecule has 0 saturated heterocycles. The van der Waals surface area contributed by atoms with Gasteiger partial charge in [0.1, 0.15) is 29.5 Å². The number of nitrogens with zero attached hydrogens (tertiary/aromatic N) is 2. The summed E-state index contributed by atoms with van der Waals surface area (Å²) in [6.07, 6.45) is 5.13. The lowest BCUT2D eigenvalue weighted by Gasteiger charge is -2.14. The molecule has 4 rings (SSSR count). The lowest BCUT2D eigenvalue weighted by Crippen LogP contribution is -2.03. The summed E-state index contributed by atoms with van der Waals surface area (Å²) in [5.74, 6) is 2.53. The van der Waals surface area contributed by atoms with Gasteiger partial charge in [-0.3, -0.25) is 4.79 Å². The molecular formula is C27H24N4O2. The van der Waals surface area contributed by atoms with Crippen molar-refractivity contribution in [1.29, 1.82) is 0 Å². The van der Waals surface area contributed by atoms with E-state index >= 15 is 0 Å². The minimum Gasteiger partial charge on any atom is -0.457 e. The summed E-state index contributed by atoms with van der Waals surface area (Å²) in [6, 6.07) is 24.9. The van der Waals surface area contributed by atoms with Crippen LogP contribution in [0.3, 0.4) is 0 Å².